The van der Waals surface area contributed by atoms with Gasteiger partial charge in [-0.1, -0.05) is 11.6 Å². The standard InChI is InChI=1S/C10H12ClNS2/c11-8-2-1-5-12-9(8)14-7-10(6-13)3-4-10/h1-2,5,13H,3-4,6-7H2. The summed E-state index contributed by atoms with van der Waals surface area (Å²) in [6.45, 7) is 0. The molecule has 0 bridgehead atoms. The molecular weight excluding hydrogens is 234 g/mol. The minimum absolute atomic E-state index is 0.467. The van der Waals surface area contributed by atoms with Crippen LogP contribution in [0.1, 0.15) is 12.8 Å². The normalized spacial score (nSPS) is 18.1. The summed E-state index contributed by atoms with van der Waals surface area (Å²) in [5, 5.41) is 1.70. The summed E-state index contributed by atoms with van der Waals surface area (Å²) in [4.78, 5) is 4.25. The maximum atomic E-state index is 6.01. The van der Waals surface area contributed by atoms with Gasteiger partial charge in [-0.2, -0.15) is 12.6 Å². The molecule has 1 aromatic rings. The fraction of sp³-hybridized carbons (Fsp3) is 0.500. The minimum Gasteiger partial charge on any atom is -0.248 e. The van der Waals surface area contributed by atoms with Gasteiger partial charge in [-0.15, -0.1) is 11.8 Å². The number of hydrogen-bond donors (Lipinski definition) is 1. The minimum atomic E-state index is 0.467. The average Bonchev–Trinajstić information content (AvgIpc) is 2.98. The lowest BCUT2D eigenvalue weighted by Gasteiger charge is -2.10. The van der Waals surface area contributed by atoms with E-state index in [-0.39, 0.29) is 0 Å². The molecule has 0 radical (unpaired) electrons. The molecule has 0 aromatic carbocycles. The van der Waals surface area contributed by atoms with Crippen LogP contribution in [0, 0.1) is 5.41 Å². The van der Waals surface area contributed by atoms with Crippen molar-refractivity contribution in [2.75, 3.05) is 11.5 Å². The molecule has 0 saturated heterocycles. The molecule has 14 heavy (non-hydrogen) atoms. The highest BCUT2D eigenvalue weighted by molar-refractivity contribution is 7.99. The van der Waals surface area contributed by atoms with Crippen LogP contribution in [0.5, 0.6) is 0 Å². The molecule has 0 aliphatic heterocycles. The molecule has 2 rings (SSSR count). The molecule has 1 aromatic heterocycles. The highest BCUT2D eigenvalue weighted by Crippen LogP contribution is 2.50. The zero-order valence-corrected chi connectivity index (χ0v) is 10.2. The molecule has 1 nitrogen and oxygen atoms in total. The zero-order chi connectivity index (χ0) is 10.0. The first-order valence-corrected chi connectivity index (χ1v) is 6.60. The van der Waals surface area contributed by atoms with Gasteiger partial charge < -0.3 is 0 Å². The van der Waals surface area contributed by atoms with Crippen molar-refractivity contribution in [2.24, 2.45) is 5.41 Å². The van der Waals surface area contributed by atoms with Gasteiger partial charge >= 0.3 is 0 Å². The predicted octanol–water partition coefficient (Wildman–Crippen LogP) is 3.54. The van der Waals surface area contributed by atoms with Crippen molar-refractivity contribution in [3.05, 3.63) is 23.4 Å². The zero-order valence-electron chi connectivity index (χ0n) is 7.74. The van der Waals surface area contributed by atoms with Gasteiger partial charge in [-0.05, 0) is 36.1 Å². The van der Waals surface area contributed by atoms with Crippen LogP contribution in [0.2, 0.25) is 5.02 Å². The molecule has 0 amide bonds. The van der Waals surface area contributed by atoms with Crippen molar-refractivity contribution in [2.45, 2.75) is 17.9 Å². The summed E-state index contributed by atoms with van der Waals surface area (Å²) in [6.07, 6.45) is 4.39. The number of nitrogens with zero attached hydrogens (tertiary/aromatic N) is 1. The molecule has 0 atom stereocenters. The molecular formula is C10H12ClNS2. The molecule has 0 N–H and O–H groups in total. The van der Waals surface area contributed by atoms with Gasteiger partial charge in [0.2, 0.25) is 0 Å². The van der Waals surface area contributed by atoms with Crippen LogP contribution >= 0.6 is 36.0 Å². The fourth-order valence-electron chi connectivity index (χ4n) is 1.22. The molecule has 0 spiro atoms. The first kappa shape index (κ1) is 10.7. The largest absolute Gasteiger partial charge is 0.248 e. The van der Waals surface area contributed by atoms with E-state index in [1.165, 1.54) is 12.8 Å². The molecule has 1 heterocycles. The third-order valence-electron chi connectivity index (χ3n) is 2.53. The van der Waals surface area contributed by atoms with Crippen LogP contribution in [0.15, 0.2) is 23.4 Å². The smallest absolute Gasteiger partial charge is 0.115 e. The van der Waals surface area contributed by atoms with Gasteiger partial charge in [0.05, 0.1) is 5.02 Å². The van der Waals surface area contributed by atoms with E-state index < -0.39 is 0 Å². The Hall–Kier alpha value is 0.140. The lowest BCUT2D eigenvalue weighted by molar-refractivity contribution is 0.682. The third kappa shape index (κ3) is 2.38. The first-order valence-electron chi connectivity index (χ1n) is 4.60. The van der Waals surface area contributed by atoms with E-state index in [9.17, 15) is 0 Å². The number of thioether (sulfide) groups is 1. The fourth-order valence-corrected chi connectivity index (χ4v) is 3.26. The van der Waals surface area contributed by atoms with Crippen LogP contribution in [0.25, 0.3) is 0 Å². The number of thiol groups is 1. The van der Waals surface area contributed by atoms with Gasteiger partial charge in [-0.3, -0.25) is 0 Å². The van der Waals surface area contributed by atoms with E-state index in [1.807, 2.05) is 12.1 Å². The predicted molar refractivity (Wildman–Crippen MR) is 65.5 cm³/mol. The Balaban J connectivity index is 1.95. The summed E-state index contributed by atoms with van der Waals surface area (Å²) in [7, 11) is 0. The monoisotopic (exact) mass is 245 g/mol. The van der Waals surface area contributed by atoms with Crippen molar-refractivity contribution in [1.29, 1.82) is 0 Å². The highest BCUT2D eigenvalue weighted by Gasteiger charge is 2.41. The van der Waals surface area contributed by atoms with Crippen LogP contribution in [0.4, 0.5) is 0 Å². The number of halogens is 1. The second-order valence-corrected chi connectivity index (χ2v) is 5.42. The highest BCUT2D eigenvalue weighted by atomic mass is 35.5. The van der Waals surface area contributed by atoms with Crippen molar-refractivity contribution >= 4 is 36.0 Å². The van der Waals surface area contributed by atoms with Crippen LogP contribution in [-0.2, 0) is 0 Å². The average molecular weight is 246 g/mol. The van der Waals surface area contributed by atoms with Crippen molar-refractivity contribution in [3.63, 3.8) is 0 Å². The Bertz CT molecular complexity index is 326. The molecule has 4 heteroatoms. The maximum absolute atomic E-state index is 6.01. The van der Waals surface area contributed by atoms with Crippen molar-refractivity contribution in [1.82, 2.24) is 4.98 Å². The summed E-state index contributed by atoms with van der Waals surface area (Å²) >= 11 is 12.1. The van der Waals surface area contributed by atoms with Crippen LogP contribution in [-0.4, -0.2) is 16.5 Å². The molecule has 76 valence electrons. The third-order valence-corrected chi connectivity index (χ3v) is 4.98. The molecule has 1 fully saturated rings. The number of rotatable bonds is 4. The summed E-state index contributed by atoms with van der Waals surface area (Å²) in [6, 6.07) is 3.75. The number of pyridine rings is 1. The van der Waals surface area contributed by atoms with E-state index in [4.69, 9.17) is 11.6 Å². The van der Waals surface area contributed by atoms with Gasteiger partial charge in [0.1, 0.15) is 5.03 Å². The first-order chi connectivity index (χ1) is 6.76. The molecule has 0 unspecified atom stereocenters. The topological polar surface area (TPSA) is 12.9 Å². The molecule has 1 saturated carbocycles. The Morgan fingerprint density at radius 3 is 2.93 bits per heavy atom. The Morgan fingerprint density at radius 2 is 2.36 bits per heavy atom. The van der Waals surface area contributed by atoms with E-state index in [1.54, 1.807) is 18.0 Å². The number of hydrogen-bond acceptors (Lipinski definition) is 3. The maximum Gasteiger partial charge on any atom is 0.115 e. The van der Waals surface area contributed by atoms with E-state index >= 15 is 0 Å². The van der Waals surface area contributed by atoms with Gasteiger partial charge in [0, 0.05) is 11.9 Å². The van der Waals surface area contributed by atoms with E-state index in [2.05, 4.69) is 17.6 Å². The summed E-state index contributed by atoms with van der Waals surface area (Å²) in [5.74, 6) is 2.07. The summed E-state index contributed by atoms with van der Waals surface area (Å²) in [5.41, 5.74) is 0.467. The quantitative estimate of drug-likeness (QED) is 0.644. The van der Waals surface area contributed by atoms with E-state index in [0.29, 0.717) is 5.41 Å². The van der Waals surface area contributed by atoms with Crippen LogP contribution in [0.3, 0.4) is 0 Å². The van der Waals surface area contributed by atoms with Crippen LogP contribution < -0.4 is 0 Å². The number of aromatic nitrogens is 1. The summed E-state index contributed by atoms with van der Waals surface area (Å²) < 4.78 is 0. The van der Waals surface area contributed by atoms with E-state index in [0.717, 1.165) is 21.6 Å². The SMILES string of the molecule is SCC1(CSc2ncccc2Cl)CC1. The van der Waals surface area contributed by atoms with Gasteiger partial charge in [0.15, 0.2) is 0 Å². The Labute approximate surface area is 99.1 Å². The Kier molecular flexibility index (Phi) is 3.30. The molecule has 1 aliphatic rings. The second-order valence-electron chi connectivity index (χ2n) is 3.74. The van der Waals surface area contributed by atoms with Crippen molar-refractivity contribution < 1.29 is 0 Å². The van der Waals surface area contributed by atoms with Crippen molar-refractivity contribution in [3.8, 4) is 0 Å². The van der Waals surface area contributed by atoms with Gasteiger partial charge in [-0.25, -0.2) is 4.98 Å². The second kappa shape index (κ2) is 4.33. The molecule has 1 aliphatic carbocycles. The lowest BCUT2D eigenvalue weighted by atomic mass is 10.2. The lowest BCUT2D eigenvalue weighted by Crippen LogP contribution is -2.05. The van der Waals surface area contributed by atoms with Gasteiger partial charge in [0.25, 0.3) is 0 Å². The Morgan fingerprint density at radius 1 is 1.57 bits per heavy atom.